The molecular weight excluding hydrogens is 358 g/mol. The first kappa shape index (κ1) is 16.3. The molecule has 0 bridgehead atoms. The maximum atomic E-state index is 3.82. The standard InChI is InChI=1S/C22H18BrN/c1-3-17-5-11-20(12-6-17)24(22-15-9-19(23)10-16-22)21-13-7-18(4-2)8-14-21/h3-16H,1-2H2. The lowest BCUT2D eigenvalue weighted by Crippen LogP contribution is -2.09. The number of halogens is 1. The molecule has 3 aromatic rings. The monoisotopic (exact) mass is 375 g/mol. The van der Waals surface area contributed by atoms with E-state index < -0.39 is 0 Å². The smallest absolute Gasteiger partial charge is 0.0462 e. The van der Waals surface area contributed by atoms with Crippen molar-refractivity contribution < 1.29 is 0 Å². The lowest BCUT2D eigenvalue weighted by atomic mass is 10.1. The van der Waals surface area contributed by atoms with Crippen molar-refractivity contribution in [2.45, 2.75) is 0 Å². The molecule has 0 amide bonds. The molecule has 0 atom stereocenters. The van der Waals surface area contributed by atoms with Crippen LogP contribution in [0, 0.1) is 0 Å². The summed E-state index contributed by atoms with van der Waals surface area (Å²) in [6.07, 6.45) is 3.71. The largest absolute Gasteiger partial charge is 0.311 e. The van der Waals surface area contributed by atoms with Gasteiger partial charge in [0.05, 0.1) is 0 Å². The first-order valence-electron chi connectivity index (χ1n) is 7.72. The van der Waals surface area contributed by atoms with E-state index in [1.165, 1.54) is 0 Å². The quantitative estimate of drug-likeness (QED) is 0.455. The van der Waals surface area contributed by atoms with Gasteiger partial charge in [0.1, 0.15) is 0 Å². The average Bonchev–Trinajstić information content (AvgIpc) is 2.64. The van der Waals surface area contributed by atoms with Gasteiger partial charge in [0.2, 0.25) is 0 Å². The first-order chi connectivity index (χ1) is 11.7. The van der Waals surface area contributed by atoms with E-state index in [9.17, 15) is 0 Å². The van der Waals surface area contributed by atoms with Crippen LogP contribution >= 0.6 is 15.9 Å². The molecule has 0 N–H and O–H groups in total. The fourth-order valence-corrected chi connectivity index (χ4v) is 2.82. The van der Waals surface area contributed by atoms with Crippen molar-refractivity contribution in [1.29, 1.82) is 0 Å². The molecule has 0 radical (unpaired) electrons. The van der Waals surface area contributed by atoms with Gasteiger partial charge in [0.25, 0.3) is 0 Å². The van der Waals surface area contributed by atoms with E-state index in [1.54, 1.807) is 0 Å². The SMILES string of the molecule is C=Cc1ccc(N(c2ccc(Br)cc2)c2ccc(C=C)cc2)cc1. The van der Waals surface area contributed by atoms with Crippen LogP contribution < -0.4 is 4.90 Å². The molecule has 3 aromatic carbocycles. The Labute approximate surface area is 151 Å². The zero-order valence-electron chi connectivity index (χ0n) is 13.3. The number of rotatable bonds is 5. The van der Waals surface area contributed by atoms with Gasteiger partial charge in [0.15, 0.2) is 0 Å². The molecule has 0 saturated heterocycles. The Kier molecular flexibility index (Phi) is 4.97. The molecule has 0 unspecified atom stereocenters. The second kappa shape index (κ2) is 7.33. The van der Waals surface area contributed by atoms with Crippen molar-refractivity contribution in [2.24, 2.45) is 0 Å². The number of anilines is 3. The molecule has 24 heavy (non-hydrogen) atoms. The number of hydrogen-bond donors (Lipinski definition) is 0. The van der Waals surface area contributed by atoms with E-state index in [4.69, 9.17) is 0 Å². The molecule has 1 nitrogen and oxygen atoms in total. The van der Waals surface area contributed by atoms with Crippen LogP contribution in [0.4, 0.5) is 17.1 Å². The Morgan fingerprint density at radius 1 is 0.583 bits per heavy atom. The molecule has 0 aliphatic carbocycles. The normalized spacial score (nSPS) is 10.2. The highest BCUT2D eigenvalue weighted by atomic mass is 79.9. The van der Waals surface area contributed by atoms with Crippen LogP contribution in [0.25, 0.3) is 12.2 Å². The lowest BCUT2D eigenvalue weighted by Gasteiger charge is -2.25. The van der Waals surface area contributed by atoms with E-state index in [-0.39, 0.29) is 0 Å². The third-order valence-electron chi connectivity index (χ3n) is 3.86. The third-order valence-corrected chi connectivity index (χ3v) is 4.39. The average molecular weight is 376 g/mol. The maximum Gasteiger partial charge on any atom is 0.0462 e. The van der Waals surface area contributed by atoms with Crippen molar-refractivity contribution in [1.82, 2.24) is 0 Å². The summed E-state index contributed by atoms with van der Waals surface area (Å²) in [6, 6.07) is 25.1. The molecule has 0 spiro atoms. The van der Waals surface area contributed by atoms with Crippen molar-refractivity contribution in [2.75, 3.05) is 4.90 Å². The lowest BCUT2D eigenvalue weighted by molar-refractivity contribution is 1.28. The van der Waals surface area contributed by atoms with Gasteiger partial charge in [0, 0.05) is 21.5 Å². The first-order valence-corrected chi connectivity index (χ1v) is 8.51. The van der Waals surface area contributed by atoms with Crippen molar-refractivity contribution in [3.8, 4) is 0 Å². The van der Waals surface area contributed by atoms with Gasteiger partial charge in [-0.05, 0) is 59.7 Å². The van der Waals surface area contributed by atoms with E-state index in [1.807, 2.05) is 12.2 Å². The zero-order chi connectivity index (χ0) is 16.9. The second-order valence-electron chi connectivity index (χ2n) is 5.40. The van der Waals surface area contributed by atoms with Crippen molar-refractivity contribution in [3.05, 3.63) is 102 Å². The third kappa shape index (κ3) is 3.50. The van der Waals surface area contributed by atoms with E-state index >= 15 is 0 Å². The second-order valence-corrected chi connectivity index (χ2v) is 6.32. The van der Waals surface area contributed by atoms with Gasteiger partial charge >= 0.3 is 0 Å². The van der Waals surface area contributed by atoms with Gasteiger partial charge in [-0.1, -0.05) is 65.5 Å². The minimum atomic E-state index is 1.07. The summed E-state index contributed by atoms with van der Waals surface area (Å²) in [6.45, 7) is 7.64. The molecule has 0 saturated carbocycles. The molecule has 0 aromatic heterocycles. The minimum Gasteiger partial charge on any atom is -0.311 e. The van der Waals surface area contributed by atoms with Crippen molar-refractivity contribution >= 4 is 45.1 Å². The summed E-state index contributed by atoms with van der Waals surface area (Å²) in [5, 5.41) is 0. The highest BCUT2D eigenvalue weighted by Gasteiger charge is 2.12. The molecule has 2 heteroatoms. The predicted molar refractivity (Wildman–Crippen MR) is 109 cm³/mol. The molecular formula is C22H18BrN. The Bertz CT molecular complexity index is 779. The van der Waals surface area contributed by atoms with E-state index in [0.29, 0.717) is 0 Å². The molecule has 0 fully saturated rings. The van der Waals surface area contributed by atoms with Crippen LogP contribution in [0.5, 0.6) is 0 Å². The van der Waals surface area contributed by atoms with Crippen LogP contribution in [0.3, 0.4) is 0 Å². The van der Waals surface area contributed by atoms with Crippen LogP contribution in [-0.4, -0.2) is 0 Å². The van der Waals surface area contributed by atoms with Crippen molar-refractivity contribution in [3.63, 3.8) is 0 Å². The van der Waals surface area contributed by atoms with Crippen LogP contribution in [0.15, 0.2) is 90.4 Å². The molecule has 118 valence electrons. The fourth-order valence-electron chi connectivity index (χ4n) is 2.56. The zero-order valence-corrected chi connectivity index (χ0v) is 14.9. The van der Waals surface area contributed by atoms with Crippen LogP contribution in [-0.2, 0) is 0 Å². The van der Waals surface area contributed by atoms with Gasteiger partial charge in [-0.25, -0.2) is 0 Å². The predicted octanol–water partition coefficient (Wildman–Crippen LogP) is 7.20. The van der Waals surface area contributed by atoms with Gasteiger partial charge in [-0.15, -0.1) is 0 Å². The highest BCUT2D eigenvalue weighted by Crippen LogP contribution is 2.35. The van der Waals surface area contributed by atoms with E-state index in [2.05, 4.69) is 107 Å². The van der Waals surface area contributed by atoms with Gasteiger partial charge < -0.3 is 4.90 Å². The summed E-state index contributed by atoms with van der Waals surface area (Å²) in [4.78, 5) is 2.23. The molecule has 0 aliphatic rings. The minimum absolute atomic E-state index is 1.07. The topological polar surface area (TPSA) is 3.24 Å². The number of hydrogen-bond acceptors (Lipinski definition) is 1. The Morgan fingerprint density at radius 3 is 1.25 bits per heavy atom. The van der Waals surface area contributed by atoms with Crippen LogP contribution in [0.1, 0.15) is 11.1 Å². The maximum absolute atomic E-state index is 3.82. The fraction of sp³-hybridized carbons (Fsp3) is 0. The number of nitrogens with zero attached hydrogens (tertiary/aromatic N) is 1. The van der Waals surface area contributed by atoms with Gasteiger partial charge in [-0.3, -0.25) is 0 Å². The molecule has 0 heterocycles. The Morgan fingerprint density at radius 2 is 0.917 bits per heavy atom. The van der Waals surface area contributed by atoms with Crippen LogP contribution in [0.2, 0.25) is 0 Å². The summed E-state index contributed by atoms with van der Waals surface area (Å²) in [5.74, 6) is 0. The summed E-state index contributed by atoms with van der Waals surface area (Å²) < 4.78 is 1.07. The van der Waals surface area contributed by atoms with Gasteiger partial charge in [-0.2, -0.15) is 0 Å². The summed E-state index contributed by atoms with van der Waals surface area (Å²) in [5.41, 5.74) is 5.53. The summed E-state index contributed by atoms with van der Waals surface area (Å²) in [7, 11) is 0. The Balaban J connectivity index is 2.09. The highest BCUT2D eigenvalue weighted by molar-refractivity contribution is 9.10. The molecule has 3 rings (SSSR count). The number of benzene rings is 3. The Hall–Kier alpha value is -2.58. The van der Waals surface area contributed by atoms with E-state index in [0.717, 1.165) is 32.7 Å². The molecule has 0 aliphatic heterocycles. The summed E-state index contributed by atoms with van der Waals surface area (Å²) >= 11 is 3.50.